The number of aryl methyl sites for hydroxylation is 1. The van der Waals surface area contributed by atoms with Gasteiger partial charge in [0.25, 0.3) is 11.1 Å². The van der Waals surface area contributed by atoms with Crippen LogP contribution in [0.5, 0.6) is 0 Å². The number of piperazine rings is 1. The molecule has 3 aromatic rings. The molecule has 1 saturated carbocycles. The molecule has 8 heteroatoms. The van der Waals surface area contributed by atoms with Crippen molar-refractivity contribution in [2.75, 3.05) is 31.1 Å². The Morgan fingerprint density at radius 1 is 1.03 bits per heavy atom. The topological polar surface area (TPSA) is 76.3 Å². The number of nitrogens with zero attached hydrogens (tertiary/aromatic N) is 6. The molecule has 1 aliphatic carbocycles. The van der Waals surface area contributed by atoms with Crippen LogP contribution in [0.3, 0.4) is 0 Å². The second-order valence-corrected chi connectivity index (χ2v) is 8.40. The van der Waals surface area contributed by atoms with Crippen molar-refractivity contribution >= 4 is 16.6 Å². The Labute approximate surface area is 174 Å². The highest BCUT2D eigenvalue weighted by atomic mass is 16.1. The molecule has 0 spiro atoms. The van der Waals surface area contributed by atoms with E-state index in [0.717, 1.165) is 43.9 Å². The molecule has 0 bridgehead atoms. The van der Waals surface area contributed by atoms with Crippen LogP contribution in [-0.2, 0) is 20.1 Å². The summed E-state index contributed by atoms with van der Waals surface area (Å²) in [7, 11) is 1.75. The fourth-order valence-electron chi connectivity index (χ4n) is 4.09. The van der Waals surface area contributed by atoms with E-state index in [1.54, 1.807) is 34.9 Å². The first-order chi connectivity index (χ1) is 14.6. The first-order valence-corrected chi connectivity index (χ1v) is 10.6. The van der Waals surface area contributed by atoms with E-state index in [1.165, 1.54) is 12.8 Å². The van der Waals surface area contributed by atoms with Crippen LogP contribution in [-0.4, -0.2) is 50.2 Å². The zero-order chi connectivity index (χ0) is 20.7. The lowest BCUT2D eigenvalue weighted by molar-refractivity contribution is 0.245. The van der Waals surface area contributed by atoms with Crippen LogP contribution < -0.4 is 16.0 Å². The predicted molar refractivity (Wildman–Crippen MR) is 116 cm³/mol. The number of benzene rings is 1. The van der Waals surface area contributed by atoms with Crippen molar-refractivity contribution in [3.8, 4) is 0 Å². The number of aromatic nitrogens is 4. The van der Waals surface area contributed by atoms with Crippen LogP contribution in [0, 0.1) is 5.92 Å². The van der Waals surface area contributed by atoms with Gasteiger partial charge < -0.3 is 9.47 Å². The Bertz CT molecular complexity index is 1190. The van der Waals surface area contributed by atoms with Gasteiger partial charge in [-0.15, -0.1) is 0 Å². The van der Waals surface area contributed by atoms with E-state index in [9.17, 15) is 9.59 Å². The summed E-state index contributed by atoms with van der Waals surface area (Å²) >= 11 is 0. The van der Waals surface area contributed by atoms with Gasteiger partial charge in [-0.25, -0.2) is 4.98 Å². The minimum Gasteiger partial charge on any atom is -0.369 e. The van der Waals surface area contributed by atoms with Crippen molar-refractivity contribution < 1.29 is 0 Å². The van der Waals surface area contributed by atoms with Crippen LogP contribution in [0.25, 0.3) is 10.9 Å². The minimum atomic E-state index is -0.0344. The molecule has 5 rings (SSSR count). The molecular formula is C22H26N6O2. The Balaban J connectivity index is 1.28. The number of rotatable bonds is 5. The molecule has 1 aliphatic heterocycles. The molecule has 30 heavy (non-hydrogen) atoms. The van der Waals surface area contributed by atoms with E-state index < -0.39 is 0 Å². The van der Waals surface area contributed by atoms with Crippen LogP contribution >= 0.6 is 0 Å². The van der Waals surface area contributed by atoms with Crippen LogP contribution in [0.2, 0.25) is 0 Å². The van der Waals surface area contributed by atoms with Crippen LogP contribution in [0.4, 0.5) is 5.69 Å². The summed E-state index contributed by atoms with van der Waals surface area (Å²) in [5, 5.41) is 0.687. The molecule has 1 saturated heterocycles. The largest absolute Gasteiger partial charge is 0.369 e. The summed E-state index contributed by atoms with van der Waals surface area (Å²) in [5.74, 6) is 0.642. The van der Waals surface area contributed by atoms with E-state index in [0.29, 0.717) is 23.5 Å². The summed E-state index contributed by atoms with van der Waals surface area (Å²) in [6.07, 6.45) is 7.47. The second-order valence-electron chi connectivity index (χ2n) is 8.40. The lowest BCUT2D eigenvalue weighted by atomic mass is 10.2. The summed E-state index contributed by atoms with van der Waals surface area (Å²) in [6, 6.07) is 5.95. The van der Waals surface area contributed by atoms with Crippen molar-refractivity contribution in [3.63, 3.8) is 0 Å². The van der Waals surface area contributed by atoms with E-state index in [2.05, 4.69) is 19.8 Å². The van der Waals surface area contributed by atoms with Crippen molar-refractivity contribution in [1.29, 1.82) is 0 Å². The lowest BCUT2D eigenvalue weighted by Gasteiger charge is -2.35. The van der Waals surface area contributed by atoms with Gasteiger partial charge >= 0.3 is 0 Å². The maximum absolute atomic E-state index is 12.7. The Morgan fingerprint density at radius 3 is 2.60 bits per heavy atom. The molecule has 1 aromatic carbocycles. The van der Waals surface area contributed by atoms with Gasteiger partial charge in [0.05, 0.1) is 17.2 Å². The average molecular weight is 406 g/mol. The third-order valence-electron chi connectivity index (χ3n) is 6.16. The molecule has 2 fully saturated rings. The molecule has 0 atom stereocenters. The second kappa shape index (κ2) is 7.68. The third kappa shape index (κ3) is 3.75. The predicted octanol–water partition coefficient (Wildman–Crippen LogP) is 1.22. The fraction of sp³-hybridized carbons (Fsp3) is 0.455. The standard InChI is InChI=1S/C22H26N6O2/c1-25-7-6-23-20(22(25)30)14-26-8-10-27(11-9-26)17-4-5-18-19(12-17)24-15-28(21(18)29)13-16-2-3-16/h4-7,12,15-16H,2-3,8-11,13-14H2,1H3. The lowest BCUT2D eigenvalue weighted by Crippen LogP contribution is -2.46. The molecule has 2 aromatic heterocycles. The zero-order valence-corrected chi connectivity index (χ0v) is 17.2. The summed E-state index contributed by atoms with van der Waals surface area (Å²) in [5.41, 5.74) is 2.45. The van der Waals surface area contributed by atoms with Gasteiger partial charge in [-0.2, -0.15) is 0 Å². The SMILES string of the molecule is Cn1ccnc(CN2CCN(c3ccc4c(=O)n(CC5CC5)cnc4c3)CC2)c1=O. The summed E-state index contributed by atoms with van der Waals surface area (Å²) in [4.78, 5) is 38.3. The molecule has 0 N–H and O–H groups in total. The zero-order valence-electron chi connectivity index (χ0n) is 17.2. The average Bonchev–Trinajstić information content (AvgIpc) is 3.58. The number of hydrogen-bond acceptors (Lipinski definition) is 6. The molecule has 156 valence electrons. The normalized spacial score (nSPS) is 17.6. The Morgan fingerprint density at radius 2 is 1.83 bits per heavy atom. The monoisotopic (exact) mass is 406 g/mol. The summed E-state index contributed by atoms with van der Waals surface area (Å²) in [6.45, 7) is 4.78. The maximum atomic E-state index is 12.7. The first-order valence-electron chi connectivity index (χ1n) is 10.6. The molecule has 8 nitrogen and oxygen atoms in total. The molecule has 0 amide bonds. The molecule has 0 unspecified atom stereocenters. The van der Waals surface area contributed by atoms with Gasteiger partial charge in [-0.1, -0.05) is 0 Å². The van der Waals surface area contributed by atoms with Gasteiger partial charge in [-0.05, 0) is 37.0 Å². The van der Waals surface area contributed by atoms with E-state index in [-0.39, 0.29) is 11.1 Å². The van der Waals surface area contributed by atoms with E-state index in [4.69, 9.17) is 0 Å². The highest BCUT2D eigenvalue weighted by molar-refractivity contribution is 5.81. The first kappa shape index (κ1) is 19.0. The number of fused-ring (bicyclic) bond motifs is 1. The molecule has 3 heterocycles. The fourth-order valence-corrected chi connectivity index (χ4v) is 4.09. The van der Waals surface area contributed by atoms with Gasteiger partial charge in [0, 0.05) is 64.4 Å². The van der Waals surface area contributed by atoms with Crippen molar-refractivity contribution in [2.24, 2.45) is 13.0 Å². The summed E-state index contributed by atoms with van der Waals surface area (Å²) < 4.78 is 3.32. The molecule has 0 radical (unpaired) electrons. The highest BCUT2D eigenvalue weighted by Crippen LogP contribution is 2.30. The number of anilines is 1. The van der Waals surface area contributed by atoms with Crippen LogP contribution in [0.1, 0.15) is 18.5 Å². The third-order valence-corrected chi connectivity index (χ3v) is 6.16. The van der Waals surface area contributed by atoms with Crippen LogP contribution in [0.15, 0.2) is 46.5 Å². The van der Waals surface area contributed by atoms with Crippen molar-refractivity contribution in [2.45, 2.75) is 25.9 Å². The van der Waals surface area contributed by atoms with Gasteiger partial charge in [0.2, 0.25) is 0 Å². The van der Waals surface area contributed by atoms with Crippen molar-refractivity contribution in [1.82, 2.24) is 24.0 Å². The van der Waals surface area contributed by atoms with Gasteiger partial charge in [0.1, 0.15) is 5.69 Å². The molecule has 2 aliphatic rings. The highest BCUT2D eigenvalue weighted by Gasteiger charge is 2.23. The Kier molecular flexibility index (Phi) is 4.86. The molecular weight excluding hydrogens is 380 g/mol. The van der Waals surface area contributed by atoms with Gasteiger partial charge in [-0.3, -0.25) is 24.0 Å². The van der Waals surface area contributed by atoms with E-state index in [1.807, 2.05) is 18.2 Å². The minimum absolute atomic E-state index is 0.0344. The quantitative estimate of drug-likeness (QED) is 0.634. The Hall–Kier alpha value is -3.00. The van der Waals surface area contributed by atoms with E-state index >= 15 is 0 Å². The van der Waals surface area contributed by atoms with Crippen molar-refractivity contribution in [3.05, 3.63) is 63.3 Å². The van der Waals surface area contributed by atoms with Gasteiger partial charge in [0.15, 0.2) is 0 Å². The number of hydrogen-bond donors (Lipinski definition) is 0. The maximum Gasteiger partial charge on any atom is 0.273 e. The smallest absolute Gasteiger partial charge is 0.273 e.